The minimum absolute atomic E-state index is 0.176. The van der Waals surface area contributed by atoms with Crippen molar-refractivity contribution in [3.05, 3.63) is 63.5 Å². The fraction of sp³-hybridized carbons (Fsp3) is 0.300. The summed E-state index contributed by atoms with van der Waals surface area (Å²) in [6.45, 7) is 0.812. The standard InChI is InChI=1S/C20H23FIN3O4S/c1-14(20(27)23-2)24(12-15-6-4-5-7-18(15)21)19(26)13-25(30(3,28)29)17-10-8-16(22)9-11-17/h4-11,14H,12-13H2,1-3H3,(H,23,27)/t14-/m0/s1. The molecule has 0 aliphatic carbocycles. The second-order valence-corrected chi connectivity index (χ2v) is 9.80. The zero-order valence-corrected chi connectivity index (χ0v) is 19.8. The van der Waals surface area contributed by atoms with Crippen molar-refractivity contribution in [2.75, 3.05) is 24.2 Å². The highest BCUT2D eigenvalue weighted by atomic mass is 127. The fourth-order valence-electron chi connectivity index (χ4n) is 2.82. The molecule has 0 unspecified atom stereocenters. The van der Waals surface area contributed by atoms with Crippen molar-refractivity contribution >= 4 is 50.1 Å². The monoisotopic (exact) mass is 547 g/mol. The van der Waals surface area contributed by atoms with E-state index in [1.54, 1.807) is 30.3 Å². The molecule has 0 aromatic heterocycles. The third kappa shape index (κ3) is 6.14. The number of nitrogens with zero attached hydrogens (tertiary/aromatic N) is 2. The summed E-state index contributed by atoms with van der Waals surface area (Å²) >= 11 is 2.09. The number of carbonyl (C=O) groups excluding carboxylic acids is 2. The van der Waals surface area contributed by atoms with Crippen molar-refractivity contribution in [1.82, 2.24) is 10.2 Å². The minimum atomic E-state index is -3.78. The lowest BCUT2D eigenvalue weighted by molar-refractivity contribution is -0.139. The number of hydrogen-bond acceptors (Lipinski definition) is 4. The predicted octanol–water partition coefficient (Wildman–Crippen LogP) is 2.36. The second-order valence-electron chi connectivity index (χ2n) is 6.65. The normalized spacial score (nSPS) is 12.2. The molecule has 162 valence electrons. The number of benzene rings is 2. The van der Waals surface area contributed by atoms with E-state index in [4.69, 9.17) is 0 Å². The van der Waals surface area contributed by atoms with Crippen LogP contribution in [0.4, 0.5) is 10.1 Å². The van der Waals surface area contributed by atoms with Crippen molar-refractivity contribution in [1.29, 1.82) is 0 Å². The van der Waals surface area contributed by atoms with Crippen LogP contribution in [0.3, 0.4) is 0 Å². The van der Waals surface area contributed by atoms with E-state index in [2.05, 4.69) is 27.9 Å². The van der Waals surface area contributed by atoms with Crippen LogP contribution in [0.5, 0.6) is 0 Å². The summed E-state index contributed by atoms with van der Waals surface area (Å²) in [7, 11) is -2.35. The molecular formula is C20H23FIN3O4S. The zero-order chi connectivity index (χ0) is 22.5. The lowest BCUT2D eigenvalue weighted by Gasteiger charge is -2.31. The summed E-state index contributed by atoms with van der Waals surface area (Å²) in [6.07, 6.45) is 1.00. The van der Waals surface area contributed by atoms with Gasteiger partial charge in [-0.1, -0.05) is 18.2 Å². The number of nitrogens with one attached hydrogen (secondary N) is 1. The molecule has 0 saturated heterocycles. The van der Waals surface area contributed by atoms with E-state index in [1.165, 1.54) is 37.1 Å². The van der Waals surface area contributed by atoms with Crippen LogP contribution in [0.2, 0.25) is 0 Å². The van der Waals surface area contributed by atoms with E-state index in [9.17, 15) is 22.4 Å². The Labute approximate surface area is 189 Å². The average Bonchev–Trinajstić information content (AvgIpc) is 2.70. The molecule has 2 aromatic carbocycles. The van der Waals surface area contributed by atoms with Gasteiger partial charge in [0.2, 0.25) is 21.8 Å². The Morgan fingerprint density at radius 1 is 1.13 bits per heavy atom. The van der Waals surface area contributed by atoms with Gasteiger partial charge >= 0.3 is 0 Å². The molecule has 2 rings (SSSR count). The van der Waals surface area contributed by atoms with Gasteiger partial charge in [0, 0.05) is 22.7 Å². The van der Waals surface area contributed by atoms with Crippen LogP contribution in [0, 0.1) is 9.39 Å². The molecule has 0 aliphatic rings. The molecule has 10 heteroatoms. The average molecular weight is 547 g/mol. The van der Waals surface area contributed by atoms with Crippen molar-refractivity contribution in [2.24, 2.45) is 0 Å². The number of carbonyl (C=O) groups is 2. The van der Waals surface area contributed by atoms with Crippen LogP contribution in [0.1, 0.15) is 12.5 Å². The van der Waals surface area contributed by atoms with E-state index in [0.717, 1.165) is 14.1 Å². The van der Waals surface area contributed by atoms with Crippen LogP contribution in [0.15, 0.2) is 48.5 Å². The Bertz CT molecular complexity index is 1010. The highest BCUT2D eigenvalue weighted by molar-refractivity contribution is 14.1. The van der Waals surface area contributed by atoms with Crippen molar-refractivity contribution in [3.63, 3.8) is 0 Å². The first kappa shape index (κ1) is 24.1. The second kappa shape index (κ2) is 10.2. The van der Waals surface area contributed by atoms with Crippen molar-refractivity contribution < 1.29 is 22.4 Å². The highest BCUT2D eigenvalue weighted by Gasteiger charge is 2.30. The van der Waals surface area contributed by atoms with Gasteiger partial charge in [0.25, 0.3) is 0 Å². The molecule has 30 heavy (non-hydrogen) atoms. The first-order valence-electron chi connectivity index (χ1n) is 9.02. The molecule has 0 saturated carbocycles. The van der Waals surface area contributed by atoms with Crippen LogP contribution in [0.25, 0.3) is 0 Å². The van der Waals surface area contributed by atoms with Gasteiger partial charge in [0.05, 0.1) is 11.9 Å². The zero-order valence-electron chi connectivity index (χ0n) is 16.8. The maximum Gasteiger partial charge on any atom is 0.244 e. The molecular weight excluding hydrogens is 524 g/mol. The summed E-state index contributed by atoms with van der Waals surface area (Å²) in [4.78, 5) is 26.5. The van der Waals surface area contributed by atoms with Gasteiger partial charge in [-0.05, 0) is 59.8 Å². The Morgan fingerprint density at radius 2 is 1.73 bits per heavy atom. The molecule has 0 bridgehead atoms. The van der Waals surface area contributed by atoms with Crippen LogP contribution >= 0.6 is 22.6 Å². The van der Waals surface area contributed by atoms with Gasteiger partial charge in [-0.25, -0.2) is 12.8 Å². The highest BCUT2D eigenvalue weighted by Crippen LogP contribution is 2.20. The third-order valence-electron chi connectivity index (χ3n) is 4.51. The summed E-state index contributed by atoms with van der Waals surface area (Å²) in [5.74, 6) is -1.59. The maximum atomic E-state index is 14.2. The van der Waals surface area contributed by atoms with E-state index in [1.807, 2.05) is 0 Å². The molecule has 0 fully saturated rings. The van der Waals surface area contributed by atoms with Crippen LogP contribution in [-0.4, -0.2) is 51.0 Å². The van der Waals surface area contributed by atoms with Gasteiger partial charge in [0.15, 0.2) is 0 Å². The van der Waals surface area contributed by atoms with Gasteiger partial charge in [-0.2, -0.15) is 0 Å². The summed E-state index contributed by atoms with van der Waals surface area (Å²) in [5, 5.41) is 2.46. The van der Waals surface area contributed by atoms with E-state index in [-0.39, 0.29) is 12.1 Å². The topological polar surface area (TPSA) is 86.8 Å². The largest absolute Gasteiger partial charge is 0.357 e. The molecule has 2 amide bonds. The smallest absolute Gasteiger partial charge is 0.244 e. The number of rotatable bonds is 8. The lowest BCUT2D eigenvalue weighted by atomic mass is 10.1. The summed E-state index contributed by atoms with van der Waals surface area (Å²) < 4.78 is 40.8. The lowest BCUT2D eigenvalue weighted by Crippen LogP contribution is -2.50. The number of amides is 2. The Kier molecular flexibility index (Phi) is 8.18. The SMILES string of the molecule is CNC(=O)[C@H](C)N(Cc1ccccc1F)C(=O)CN(c1ccc(I)cc1)S(C)(=O)=O. The van der Waals surface area contributed by atoms with E-state index < -0.39 is 40.2 Å². The number of halogens is 2. The number of likely N-dealkylation sites (N-methyl/N-ethyl adjacent to an activating group) is 1. The molecule has 1 atom stereocenters. The van der Waals surface area contributed by atoms with Crippen molar-refractivity contribution in [3.8, 4) is 0 Å². The Morgan fingerprint density at radius 3 is 2.27 bits per heavy atom. The molecule has 7 nitrogen and oxygen atoms in total. The number of anilines is 1. The molecule has 1 N–H and O–H groups in total. The number of sulfonamides is 1. The van der Waals surface area contributed by atoms with Gasteiger partial charge in [-0.3, -0.25) is 13.9 Å². The van der Waals surface area contributed by atoms with Crippen LogP contribution in [-0.2, 0) is 26.2 Å². The Hall–Kier alpha value is -2.21. The maximum absolute atomic E-state index is 14.2. The molecule has 0 radical (unpaired) electrons. The van der Waals surface area contributed by atoms with Gasteiger partial charge in [-0.15, -0.1) is 0 Å². The summed E-state index contributed by atoms with van der Waals surface area (Å²) in [6, 6.07) is 11.6. The third-order valence-corrected chi connectivity index (χ3v) is 6.37. The first-order valence-corrected chi connectivity index (χ1v) is 11.9. The number of hydrogen-bond donors (Lipinski definition) is 1. The molecule has 2 aromatic rings. The van der Waals surface area contributed by atoms with Gasteiger partial charge < -0.3 is 10.2 Å². The Balaban J connectivity index is 2.38. The van der Waals surface area contributed by atoms with E-state index >= 15 is 0 Å². The predicted molar refractivity (Wildman–Crippen MR) is 122 cm³/mol. The van der Waals surface area contributed by atoms with Crippen LogP contribution < -0.4 is 9.62 Å². The summed E-state index contributed by atoms with van der Waals surface area (Å²) in [5.41, 5.74) is 0.548. The quantitative estimate of drug-likeness (QED) is 0.515. The van der Waals surface area contributed by atoms with Crippen molar-refractivity contribution in [2.45, 2.75) is 19.5 Å². The first-order chi connectivity index (χ1) is 14.0. The van der Waals surface area contributed by atoms with E-state index in [0.29, 0.717) is 5.69 Å². The van der Waals surface area contributed by atoms with Gasteiger partial charge in [0.1, 0.15) is 18.4 Å². The molecule has 0 heterocycles. The minimum Gasteiger partial charge on any atom is -0.357 e. The molecule has 0 spiro atoms. The fourth-order valence-corrected chi connectivity index (χ4v) is 4.03. The molecule has 0 aliphatic heterocycles.